The molecule has 0 atom stereocenters. The number of fused-ring (bicyclic) bond motifs is 1. The topological polar surface area (TPSA) is 84.1 Å². The van der Waals surface area contributed by atoms with Gasteiger partial charge in [-0.25, -0.2) is 14.5 Å². The van der Waals surface area contributed by atoms with Gasteiger partial charge in [0.1, 0.15) is 5.82 Å². The van der Waals surface area contributed by atoms with E-state index in [1.54, 1.807) is 15.3 Å². The molecule has 1 saturated heterocycles. The van der Waals surface area contributed by atoms with Crippen molar-refractivity contribution >= 4 is 5.65 Å². The number of hydrogen-bond donors (Lipinski definition) is 1. The number of benzene rings is 1. The van der Waals surface area contributed by atoms with Crippen molar-refractivity contribution in [2.24, 2.45) is 0 Å². The highest BCUT2D eigenvalue weighted by molar-refractivity contribution is 5.53. The van der Waals surface area contributed by atoms with Crippen molar-refractivity contribution in [3.63, 3.8) is 0 Å². The molecule has 3 aromatic heterocycles. The molecular weight excluding hydrogens is 366 g/mol. The van der Waals surface area contributed by atoms with E-state index < -0.39 is 0 Å². The largest absolute Gasteiger partial charge is 0.350 e. The third-order valence-electron chi connectivity index (χ3n) is 5.63. The number of rotatable bonds is 5. The van der Waals surface area contributed by atoms with Gasteiger partial charge >= 0.3 is 5.69 Å². The Morgan fingerprint density at radius 1 is 1.00 bits per heavy atom. The van der Waals surface area contributed by atoms with Gasteiger partial charge in [0.25, 0.3) is 0 Å². The average Bonchev–Trinajstić information content (AvgIpc) is 3.39. The van der Waals surface area contributed by atoms with Crippen LogP contribution < -0.4 is 5.69 Å². The molecule has 1 aromatic carbocycles. The molecule has 148 valence electrons. The number of likely N-dealkylation sites (tertiary alicyclic amines) is 1. The van der Waals surface area contributed by atoms with Crippen LogP contribution in [0.2, 0.25) is 0 Å². The van der Waals surface area contributed by atoms with Crippen LogP contribution in [0.15, 0.2) is 59.5 Å². The van der Waals surface area contributed by atoms with Gasteiger partial charge in [0, 0.05) is 24.2 Å². The van der Waals surface area contributed by atoms with Crippen LogP contribution in [-0.4, -0.2) is 53.9 Å². The second kappa shape index (κ2) is 7.63. The minimum Gasteiger partial charge on any atom is -0.301 e. The smallest absolute Gasteiger partial charge is 0.301 e. The van der Waals surface area contributed by atoms with Crippen molar-refractivity contribution in [2.45, 2.75) is 25.3 Å². The summed E-state index contributed by atoms with van der Waals surface area (Å²) >= 11 is 0. The Bertz CT molecular complexity index is 1150. The van der Waals surface area contributed by atoms with Crippen molar-refractivity contribution < 1.29 is 0 Å². The molecule has 0 spiro atoms. The number of aromatic nitrogens is 6. The number of nitrogens with one attached hydrogen (secondary N) is 1. The van der Waals surface area contributed by atoms with Gasteiger partial charge in [-0.2, -0.15) is 5.10 Å². The normalized spacial score (nSPS) is 15.9. The Labute approximate surface area is 167 Å². The van der Waals surface area contributed by atoms with E-state index in [4.69, 9.17) is 4.98 Å². The maximum Gasteiger partial charge on any atom is 0.350 e. The predicted molar refractivity (Wildman–Crippen MR) is 110 cm³/mol. The van der Waals surface area contributed by atoms with Crippen LogP contribution in [0, 0.1) is 0 Å². The summed E-state index contributed by atoms with van der Waals surface area (Å²) in [5, 5.41) is 11.9. The highest BCUT2D eigenvalue weighted by Gasteiger charge is 2.23. The van der Waals surface area contributed by atoms with Gasteiger partial charge in [0.2, 0.25) is 0 Å². The molecule has 0 saturated carbocycles. The maximum atomic E-state index is 12.4. The number of pyridine rings is 1. The lowest BCUT2D eigenvalue weighted by Gasteiger charge is -2.30. The molecule has 5 rings (SSSR count). The Morgan fingerprint density at radius 3 is 2.59 bits per heavy atom. The number of aromatic amines is 1. The van der Waals surface area contributed by atoms with Crippen molar-refractivity contribution in [3.8, 4) is 11.4 Å². The second-order valence-corrected chi connectivity index (χ2v) is 7.46. The van der Waals surface area contributed by atoms with Crippen molar-refractivity contribution in [3.05, 3.63) is 71.0 Å². The third-order valence-corrected chi connectivity index (χ3v) is 5.63. The Balaban J connectivity index is 1.18. The summed E-state index contributed by atoms with van der Waals surface area (Å²) in [5.74, 6) is 2.13. The zero-order valence-corrected chi connectivity index (χ0v) is 16.1. The standard InChI is InChI=1S/C21H23N7O/c29-21-27-11-5-4-8-18(27)25-28(21)15-14-26-12-9-17(10-13-26)20-22-19(23-24-20)16-6-2-1-3-7-16/h1-8,11,17H,9-10,12-15H2,(H,22,23,24). The lowest BCUT2D eigenvalue weighted by Crippen LogP contribution is -2.37. The molecule has 29 heavy (non-hydrogen) atoms. The Kier molecular flexibility index (Phi) is 4.69. The summed E-state index contributed by atoms with van der Waals surface area (Å²) in [4.78, 5) is 19.5. The quantitative estimate of drug-likeness (QED) is 0.565. The lowest BCUT2D eigenvalue weighted by atomic mass is 9.96. The number of hydrogen-bond acceptors (Lipinski definition) is 5. The Morgan fingerprint density at radius 2 is 1.79 bits per heavy atom. The van der Waals surface area contributed by atoms with Crippen LogP contribution in [0.25, 0.3) is 17.0 Å². The van der Waals surface area contributed by atoms with E-state index in [1.807, 2.05) is 48.5 Å². The number of nitrogens with zero attached hydrogens (tertiary/aromatic N) is 6. The third kappa shape index (κ3) is 3.58. The van der Waals surface area contributed by atoms with Gasteiger partial charge in [-0.15, -0.1) is 5.10 Å². The van der Waals surface area contributed by atoms with Gasteiger partial charge in [-0.3, -0.25) is 9.50 Å². The molecule has 1 aliphatic rings. The highest BCUT2D eigenvalue weighted by Crippen LogP contribution is 2.26. The van der Waals surface area contributed by atoms with Crippen LogP contribution in [0.4, 0.5) is 0 Å². The second-order valence-electron chi connectivity index (χ2n) is 7.46. The van der Waals surface area contributed by atoms with Gasteiger partial charge in [-0.05, 0) is 38.1 Å². The van der Waals surface area contributed by atoms with Gasteiger partial charge in [0.05, 0.1) is 6.54 Å². The summed E-state index contributed by atoms with van der Waals surface area (Å²) in [6, 6.07) is 15.6. The molecule has 4 aromatic rings. The molecule has 1 fully saturated rings. The Hall–Kier alpha value is -3.26. The fourth-order valence-corrected chi connectivity index (χ4v) is 3.95. The van der Waals surface area contributed by atoms with E-state index in [9.17, 15) is 4.79 Å². The molecule has 0 bridgehead atoms. The number of piperidine rings is 1. The fraction of sp³-hybridized carbons (Fsp3) is 0.333. The minimum absolute atomic E-state index is 0.0782. The highest BCUT2D eigenvalue weighted by atomic mass is 16.2. The van der Waals surface area contributed by atoms with E-state index in [0.29, 0.717) is 18.1 Å². The van der Waals surface area contributed by atoms with E-state index in [1.165, 1.54) is 0 Å². The molecule has 1 N–H and O–H groups in total. The molecule has 0 unspecified atom stereocenters. The zero-order chi connectivity index (χ0) is 19.6. The summed E-state index contributed by atoms with van der Waals surface area (Å²) in [6.45, 7) is 3.39. The van der Waals surface area contributed by atoms with E-state index in [2.05, 4.69) is 20.2 Å². The van der Waals surface area contributed by atoms with Crippen molar-refractivity contribution in [2.75, 3.05) is 19.6 Å². The van der Waals surface area contributed by atoms with E-state index >= 15 is 0 Å². The zero-order valence-electron chi connectivity index (χ0n) is 16.1. The van der Waals surface area contributed by atoms with Crippen LogP contribution in [0.5, 0.6) is 0 Å². The first-order valence-electron chi connectivity index (χ1n) is 10.0. The SMILES string of the molecule is O=c1n(CCN2CCC(c3nc(-c4ccccc4)n[nH]3)CC2)nc2ccccn12. The van der Waals surface area contributed by atoms with Gasteiger partial charge in [0.15, 0.2) is 11.5 Å². The molecular formula is C21H23N7O. The lowest BCUT2D eigenvalue weighted by molar-refractivity contribution is 0.199. The van der Waals surface area contributed by atoms with Crippen LogP contribution in [0.3, 0.4) is 0 Å². The molecule has 4 heterocycles. The van der Waals surface area contributed by atoms with Crippen LogP contribution >= 0.6 is 0 Å². The first-order valence-corrected chi connectivity index (χ1v) is 10.0. The van der Waals surface area contributed by atoms with Gasteiger partial charge < -0.3 is 4.90 Å². The summed E-state index contributed by atoms with van der Waals surface area (Å²) in [5.41, 5.74) is 1.65. The summed E-state index contributed by atoms with van der Waals surface area (Å²) < 4.78 is 3.14. The fourth-order valence-electron chi connectivity index (χ4n) is 3.95. The average molecular weight is 389 g/mol. The van der Waals surface area contributed by atoms with Crippen molar-refractivity contribution in [1.29, 1.82) is 0 Å². The molecule has 1 aliphatic heterocycles. The molecule has 8 heteroatoms. The molecule has 8 nitrogen and oxygen atoms in total. The van der Waals surface area contributed by atoms with E-state index in [0.717, 1.165) is 49.7 Å². The van der Waals surface area contributed by atoms with Gasteiger partial charge in [-0.1, -0.05) is 36.4 Å². The predicted octanol–water partition coefficient (Wildman–Crippen LogP) is 2.16. The maximum absolute atomic E-state index is 12.4. The molecule has 0 aliphatic carbocycles. The number of H-pyrrole nitrogens is 1. The minimum atomic E-state index is -0.0782. The summed E-state index contributed by atoms with van der Waals surface area (Å²) in [7, 11) is 0. The molecule has 0 amide bonds. The molecule has 0 radical (unpaired) electrons. The summed E-state index contributed by atoms with van der Waals surface area (Å²) in [6.07, 6.45) is 3.82. The van der Waals surface area contributed by atoms with E-state index in [-0.39, 0.29) is 5.69 Å². The monoisotopic (exact) mass is 389 g/mol. The van der Waals surface area contributed by atoms with Crippen LogP contribution in [-0.2, 0) is 6.54 Å². The first-order chi connectivity index (χ1) is 14.3. The van der Waals surface area contributed by atoms with Crippen LogP contribution in [0.1, 0.15) is 24.6 Å². The first kappa shape index (κ1) is 17.8. The van der Waals surface area contributed by atoms with Crippen molar-refractivity contribution in [1.82, 2.24) is 34.3 Å².